The molecular formula is C13H13O5Zr. The molecule has 1 aromatic carbocycles. The summed E-state index contributed by atoms with van der Waals surface area (Å²) in [5.41, 5.74) is 0.718. The SMILES string of the molecule is CC(C)=O.C[C](=O)[Zr].O=C1OC(=O)c2ccccc21. The molecule has 0 spiro atoms. The second kappa shape index (κ2) is 8.64. The predicted molar refractivity (Wildman–Crippen MR) is 63.2 cm³/mol. The van der Waals surface area contributed by atoms with Crippen molar-refractivity contribution in [2.45, 2.75) is 20.8 Å². The van der Waals surface area contributed by atoms with Crippen molar-refractivity contribution in [1.29, 1.82) is 0 Å². The fraction of sp³-hybridized carbons (Fsp3) is 0.231. The number of cyclic esters (lactones) is 2. The first-order valence-electron chi connectivity index (χ1n) is 5.30. The molecule has 1 heterocycles. The standard InChI is InChI=1S/C8H4O3.C3H6O.C2H3O.Zr/c9-7-5-3-1-2-4-6(5)8(10)11-7;1-3(2)4;1-2-3;/h1-4H;1-2H3;1H3;. The summed E-state index contributed by atoms with van der Waals surface area (Å²) in [6.45, 7) is 4.62. The van der Waals surface area contributed by atoms with E-state index in [0.29, 0.717) is 11.1 Å². The predicted octanol–water partition coefficient (Wildman–Crippen LogP) is 1.67. The van der Waals surface area contributed by atoms with Crippen LogP contribution in [-0.2, 0) is 39.0 Å². The molecule has 0 saturated carbocycles. The van der Waals surface area contributed by atoms with Gasteiger partial charge in [-0.1, -0.05) is 12.1 Å². The van der Waals surface area contributed by atoms with E-state index >= 15 is 0 Å². The zero-order valence-corrected chi connectivity index (χ0v) is 13.3. The maximum Gasteiger partial charge on any atom is 0.346 e. The molecule has 0 aliphatic carbocycles. The van der Waals surface area contributed by atoms with Gasteiger partial charge in [-0.05, 0) is 26.0 Å². The van der Waals surface area contributed by atoms with Crippen LogP contribution in [0.15, 0.2) is 24.3 Å². The number of carbonyl (C=O) groups is 4. The number of hydrogen-bond acceptors (Lipinski definition) is 5. The van der Waals surface area contributed by atoms with Gasteiger partial charge < -0.3 is 9.53 Å². The Morgan fingerprint density at radius 1 is 0.947 bits per heavy atom. The van der Waals surface area contributed by atoms with Crippen LogP contribution in [0, 0.1) is 0 Å². The molecular weight excluding hydrogens is 327 g/mol. The first kappa shape index (κ1) is 17.6. The molecule has 0 fully saturated rings. The van der Waals surface area contributed by atoms with Gasteiger partial charge in [-0.3, -0.25) is 0 Å². The van der Waals surface area contributed by atoms with Gasteiger partial charge in [0.1, 0.15) is 5.78 Å². The number of esters is 2. The van der Waals surface area contributed by atoms with Crippen LogP contribution in [0.5, 0.6) is 0 Å². The Morgan fingerprint density at radius 2 is 1.21 bits per heavy atom. The van der Waals surface area contributed by atoms with Crippen molar-refractivity contribution in [2.24, 2.45) is 0 Å². The van der Waals surface area contributed by atoms with E-state index < -0.39 is 11.9 Å². The molecule has 0 radical (unpaired) electrons. The second-order valence-electron chi connectivity index (χ2n) is 3.69. The number of rotatable bonds is 0. The first-order chi connectivity index (χ1) is 8.75. The molecule has 1 aromatic rings. The van der Waals surface area contributed by atoms with Crippen molar-refractivity contribution in [3.63, 3.8) is 0 Å². The number of ketones is 1. The summed E-state index contributed by atoms with van der Waals surface area (Å²) in [5.74, 6) is -0.934. The Morgan fingerprint density at radius 3 is 1.47 bits per heavy atom. The van der Waals surface area contributed by atoms with Crippen molar-refractivity contribution < 1.29 is 48.6 Å². The summed E-state index contributed by atoms with van der Waals surface area (Å²) in [5, 5.41) is 0. The van der Waals surface area contributed by atoms with E-state index in [9.17, 15) is 19.2 Å². The molecule has 0 saturated heterocycles. The molecule has 5 nitrogen and oxygen atoms in total. The molecule has 1 aliphatic rings. The van der Waals surface area contributed by atoms with Gasteiger partial charge in [-0.2, -0.15) is 0 Å². The van der Waals surface area contributed by atoms with Crippen LogP contribution in [0.2, 0.25) is 0 Å². The van der Waals surface area contributed by atoms with E-state index in [1.54, 1.807) is 31.2 Å². The molecule has 0 amide bonds. The van der Waals surface area contributed by atoms with Crippen LogP contribution in [-0.4, -0.2) is 21.2 Å². The molecule has 1 aliphatic heterocycles. The Labute approximate surface area is 126 Å². The minimum absolute atomic E-state index is 0.167. The van der Waals surface area contributed by atoms with Crippen LogP contribution >= 0.6 is 0 Å². The first-order valence-corrected chi connectivity index (χ1v) is 6.53. The Balaban J connectivity index is 0.000000342. The van der Waals surface area contributed by atoms with E-state index in [-0.39, 0.29) is 9.27 Å². The van der Waals surface area contributed by atoms with Crippen molar-refractivity contribution in [3.8, 4) is 0 Å². The van der Waals surface area contributed by atoms with Crippen LogP contribution in [0.4, 0.5) is 0 Å². The number of benzene rings is 1. The summed E-state index contributed by atoms with van der Waals surface area (Å²) >= 11 is 0.998. The molecule has 0 bridgehead atoms. The molecule has 0 N–H and O–H groups in total. The third-order valence-electron chi connectivity index (χ3n) is 1.55. The van der Waals surface area contributed by atoms with Gasteiger partial charge in [0.05, 0.1) is 11.1 Å². The summed E-state index contributed by atoms with van der Waals surface area (Å²) in [6, 6.07) is 6.53. The van der Waals surface area contributed by atoms with E-state index in [1.807, 2.05) is 0 Å². The quantitative estimate of drug-likeness (QED) is 0.530. The van der Waals surface area contributed by atoms with Crippen molar-refractivity contribution in [1.82, 2.24) is 0 Å². The van der Waals surface area contributed by atoms with E-state index in [2.05, 4.69) is 4.74 Å². The van der Waals surface area contributed by atoms with E-state index in [1.165, 1.54) is 13.8 Å². The van der Waals surface area contributed by atoms with Gasteiger partial charge in [0, 0.05) is 0 Å². The van der Waals surface area contributed by atoms with Gasteiger partial charge in [-0.25, -0.2) is 9.59 Å². The van der Waals surface area contributed by atoms with Crippen LogP contribution in [0.25, 0.3) is 0 Å². The monoisotopic (exact) mass is 339 g/mol. The largest absolute Gasteiger partial charge is 0.386 e. The maximum atomic E-state index is 10.8. The van der Waals surface area contributed by atoms with Gasteiger partial charge in [0.15, 0.2) is 0 Å². The van der Waals surface area contributed by atoms with Crippen molar-refractivity contribution in [2.75, 3.05) is 0 Å². The number of fused-ring (bicyclic) bond motifs is 1. The van der Waals surface area contributed by atoms with E-state index in [4.69, 9.17) is 0 Å². The van der Waals surface area contributed by atoms with Gasteiger partial charge in [0.25, 0.3) is 0 Å². The molecule has 0 aromatic heterocycles. The van der Waals surface area contributed by atoms with Gasteiger partial charge in [-0.15, -0.1) is 0 Å². The van der Waals surface area contributed by atoms with Crippen LogP contribution in [0.3, 0.4) is 0 Å². The minimum Gasteiger partial charge on any atom is -0.386 e. The van der Waals surface area contributed by atoms with Gasteiger partial charge >= 0.3 is 51.9 Å². The zero-order chi connectivity index (χ0) is 15.0. The molecule has 99 valence electrons. The Kier molecular flexibility index (Phi) is 8.00. The normalized spacial score (nSPS) is 11.1. The summed E-state index contributed by atoms with van der Waals surface area (Å²) < 4.78 is 4.61. The third kappa shape index (κ3) is 7.57. The average molecular weight is 340 g/mol. The number of ether oxygens (including phenoxy) is 1. The molecule has 0 unspecified atom stereocenters. The zero-order valence-electron chi connectivity index (χ0n) is 10.9. The topological polar surface area (TPSA) is 77.5 Å². The Hall–Kier alpha value is -1.42. The maximum absolute atomic E-state index is 10.8. The van der Waals surface area contributed by atoms with Crippen molar-refractivity contribution >= 4 is 21.2 Å². The third-order valence-corrected chi connectivity index (χ3v) is 1.55. The minimum atomic E-state index is -0.550. The van der Waals surface area contributed by atoms with Crippen LogP contribution in [0.1, 0.15) is 41.5 Å². The Bertz CT molecular complexity index is 455. The second-order valence-corrected chi connectivity index (χ2v) is 5.42. The smallest absolute Gasteiger partial charge is 0.346 e. The molecule has 6 heteroatoms. The molecule has 19 heavy (non-hydrogen) atoms. The number of carbonyl (C=O) groups excluding carboxylic acids is 4. The fourth-order valence-electron chi connectivity index (χ4n) is 1.03. The molecule has 2 rings (SSSR count). The summed E-state index contributed by atoms with van der Waals surface area (Å²) in [4.78, 5) is 40.6. The summed E-state index contributed by atoms with van der Waals surface area (Å²) in [6.07, 6.45) is 0. The summed E-state index contributed by atoms with van der Waals surface area (Å²) in [7, 11) is 0. The fourth-order valence-corrected chi connectivity index (χ4v) is 1.03. The van der Waals surface area contributed by atoms with Gasteiger partial charge in [0.2, 0.25) is 0 Å². The average Bonchev–Trinajstić information content (AvgIpc) is 2.54. The van der Waals surface area contributed by atoms with Crippen molar-refractivity contribution in [3.05, 3.63) is 35.4 Å². The number of hydrogen-bond donors (Lipinski definition) is 0. The molecule has 0 atom stereocenters. The van der Waals surface area contributed by atoms with Crippen LogP contribution < -0.4 is 0 Å². The van der Waals surface area contributed by atoms with E-state index in [0.717, 1.165) is 24.7 Å². The number of Topliss-reactive ketones (excluding diaryl/α,β-unsaturated/α-hetero) is 1.